The van der Waals surface area contributed by atoms with Crippen LogP contribution in [-0.2, 0) is 0 Å². The highest BCUT2D eigenvalue weighted by Crippen LogP contribution is 2.35. The number of azo groups is 1. The number of benzene rings is 3. The Morgan fingerprint density at radius 2 is 1.78 bits per heavy atom. The minimum Gasteiger partial charge on any atom is -0.397 e. The number of imide groups is 1. The van der Waals surface area contributed by atoms with Gasteiger partial charge in [-0.15, -0.1) is 10.2 Å². The Hall–Kier alpha value is -4.82. The molecule has 1 aliphatic rings. The third kappa shape index (κ3) is 4.84. The maximum Gasteiger partial charge on any atom is 0.272 e. The molecule has 0 saturated carbocycles. The number of hydrogen-bond acceptors (Lipinski definition) is 9. The fraction of sp³-hybridized carbons (Fsp3) is 0.125. The highest BCUT2D eigenvalue weighted by molar-refractivity contribution is 6.33. The molecule has 180 valence electrons. The lowest BCUT2D eigenvalue weighted by Gasteiger charge is -2.14. The number of carbonyl (C=O) groups excluding carboxylic acids is 2. The number of carbonyl (C=O) groups is 2. The summed E-state index contributed by atoms with van der Waals surface area (Å²) in [5.74, 6) is -0.579. The molecule has 3 N–H and O–H groups in total. The third-order valence-corrected chi connectivity index (χ3v) is 5.72. The van der Waals surface area contributed by atoms with Crippen LogP contribution in [0.4, 0.5) is 28.4 Å². The predicted molar refractivity (Wildman–Crippen MR) is 133 cm³/mol. The number of nitriles is 1. The summed E-state index contributed by atoms with van der Waals surface area (Å²) in [6.07, 6.45) is 0.530. The maximum absolute atomic E-state index is 12.4. The summed E-state index contributed by atoms with van der Waals surface area (Å²) >= 11 is 6.05. The van der Waals surface area contributed by atoms with Gasteiger partial charge in [0.1, 0.15) is 17.4 Å². The second-order valence-electron chi connectivity index (χ2n) is 7.75. The van der Waals surface area contributed by atoms with Crippen LogP contribution in [0.2, 0.25) is 5.02 Å². The number of hydrogen-bond donors (Lipinski definition) is 2. The number of amides is 2. The van der Waals surface area contributed by atoms with Gasteiger partial charge in [0.2, 0.25) is 0 Å². The number of anilines is 2. The Balaban J connectivity index is 1.37. The van der Waals surface area contributed by atoms with E-state index >= 15 is 0 Å². The van der Waals surface area contributed by atoms with Gasteiger partial charge in [-0.3, -0.25) is 24.6 Å². The number of nitrogens with two attached hydrogens (primary N) is 1. The molecule has 36 heavy (non-hydrogen) atoms. The summed E-state index contributed by atoms with van der Waals surface area (Å²) in [6.45, 7) is 0.760. The van der Waals surface area contributed by atoms with Gasteiger partial charge in [0.25, 0.3) is 17.5 Å². The van der Waals surface area contributed by atoms with Gasteiger partial charge in [0.05, 0.1) is 32.3 Å². The van der Waals surface area contributed by atoms with Gasteiger partial charge >= 0.3 is 0 Å². The number of non-ortho nitro benzene ring substituents is 1. The number of nitrogens with zero attached hydrogens (tertiary/aromatic N) is 5. The molecular weight excluding hydrogens is 486 g/mol. The summed E-state index contributed by atoms with van der Waals surface area (Å²) in [7, 11) is 0. The van der Waals surface area contributed by atoms with E-state index in [1.165, 1.54) is 4.90 Å². The van der Waals surface area contributed by atoms with E-state index in [1.54, 1.807) is 42.5 Å². The molecule has 0 saturated heterocycles. The quantitative estimate of drug-likeness (QED) is 0.106. The summed E-state index contributed by atoms with van der Waals surface area (Å²) in [5, 5.41) is 31.3. The van der Waals surface area contributed by atoms with Crippen LogP contribution in [0.25, 0.3) is 0 Å². The molecule has 2 amide bonds. The lowest BCUT2D eigenvalue weighted by Crippen LogP contribution is -2.31. The standard InChI is InChI=1S/C24H18ClN7O4/c25-19-12-16(32(35)36)10-14(13-26)22(19)30-29-21-7-6-15(11-20(21)27)28-8-3-9-31-23(33)17-4-1-2-5-18(17)24(31)34/h1-2,4-7,10-12,28H,3,8-9,27H2. The predicted octanol–water partition coefficient (Wildman–Crippen LogP) is 5.22. The molecule has 0 aliphatic carbocycles. The molecule has 1 aliphatic heterocycles. The van der Waals surface area contributed by atoms with E-state index in [9.17, 15) is 25.0 Å². The van der Waals surface area contributed by atoms with Crippen LogP contribution in [0, 0.1) is 21.4 Å². The molecular formula is C24H18ClN7O4. The Labute approximate surface area is 209 Å². The summed E-state index contributed by atoms with van der Waals surface area (Å²) in [5.41, 5.74) is 7.79. The van der Waals surface area contributed by atoms with E-state index in [-0.39, 0.29) is 40.3 Å². The van der Waals surface area contributed by atoms with E-state index in [0.29, 0.717) is 41.2 Å². The largest absolute Gasteiger partial charge is 0.397 e. The van der Waals surface area contributed by atoms with Crippen molar-refractivity contribution in [3.63, 3.8) is 0 Å². The van der Waals surface area contributed by atoms with Gasteiger partial charge in [0, 0.05) is 30.9 Å². The lowest BCUT2D eigenvalue weighted by molar-refractivity contribution is -0.384. The summed E-state index contributed by atoms with van der Waals surface area (Å²) < 4.78 is 0. The normalized spacial score (nSPS) is 12.6. The Kier molecular flexibility index (Phi) is 6.89. The molecule has 12 heteroatoms. The molecule has 0 unspecified atom stereocenters. The summed E-state index contributed by atoms with van der Waals surface area (Å²) in [4.78, 5) is 36.4. The van der Waals surface area contributed by atoms with Crippen molar-refractivity contribution < 1.29 is 14.5 Å². The number of fused-ring (bicyclic) bond motifs is 1. The van der Waals surface area contributed by atoms with Gasteiger partial charge in [-0.05, 0) is 36.8 Å². The average molecular weight is 504 g/mol. The van der Waals surface area contributed by atoms with Crippen LogP contribution >= 0.6 is 11.6 Å². The highest BCUT2D eigenvalue weighted by Gasteiger charge is 2.34. The first kappa shape index (κ1) is 24.3. The summed E-state index contributed by atoms with van der Waals surface area (Å²) in [6, 6.07) is 15.7. The van der Waals surface area contributed by atoms with Crippen molar-refractivity contribution in [2.24, 2.45) is 10.2 Å². The van der Waals surface area contributed by atoms with Crippen LogP contribution in [0.15, 0.2) is 64.8 Å². The Morgan fingerprint density at radius 3 is 2.39 bits per heavy atom. The van der Waals surface area contributed by atoms with Gasteiger partial charge in [0.15, 0.2) is 0 Å². The molecule has 3 aromatic rings. The van der Waals surface area contributed by atoms with Gasteiger partial charge < -0.3 is 11.1 Å². The SMILES string of the molecule is N#Cc1cc([N+](=O)[O-])cc(Cl)c1N=Nc1ccc(NCCCN2C(=O)c3ccccc3C2=O)cc1N. The zero-order valence-corrected chi connectivity index (χ0v) is 19.4. The molecule has 0 bridgehead atoms. The van der Waals surface area contributed by atoms with Crippen molar-refractivity contribution in [3.05, 3.63) is 86.4 Å². The average Bonchev–Trinajstić information content (AvgIpc) is 3.11. The number of nitrogen functional groups attached to an aromatic ring is 1. The number of nitro groups is 1. The molecule has 0 aromatic heterocycles. The van der Waals surface area contributed by atoms with E-state index in [4.69, 9.17) is 17.3 Å². The zero-order valence-electron chi connectivity index (χ0n) is 18.6. The number of rotatable bonds is 8. The Bertz CT molecular complexity index is 1430. The molecule has 0 spiro atoms. The molecule has 0 fully saturated rings. The number of nitro benzene ring substituents is 1. The highest BCUT2D eigenvalue weighted by atomic mass is 35.5. The number of halogens is 1. The van der Waals surface area contributed by atoms with Crippen molar-refractivity contribution >= 4 is 51.9 Å². The minimum absolute atomic E-state index is 0.000439. The monoisotopic (exact) mass is 503 g/mol. The van der Waals surface area contributed by atoms with Gasteiger partial charge in [-0.2, -0.15) is 5.26 Å². The van der Waals surface area contributed by atoms with Crippen molar-refractivity contribution in [3.8, 4) is 6.07 Å². The van der Waals surface area contributed by atoms with Crippen molar-refractivity contribution in [1.82, 2.24) is 4.90 Å². The second kappa shape index (κ2) is 10.2. The topological polar surface area (TPSA) is 167 Å². The first-order chi connectivity index (χ1) is 17.3. The molecule has 1 heterocycles. The second-order valence-corrected chi connectivity index (χ2v) is 8.16. The van der Waals surface area contributed by atoms with Gasteiger partial charge in [-0.25, -0.2) is 0 Å². The zero-order chi connectivity index (χ0) is 25.8. The van der Waals surface area contributed by atoms with Crippen LogP contribution in [-0.4, -0.2) is 34.7 Å². The fourth-order valence-electron chi connectivity index (χ4n) is 3.65. The van der Waals surface area contributed by atoms with Crippen LogP contribution in [0.3, 0.4) is 0 Å². The number of nitrogens with one attached hydrogen (secondary N) is 1. The van der Waals surface area contributed by atoms with Crippen molar-refractivity contribution in [2.75, 3.05) is 24.1 Å². The van der Waals surface area contributed by atoms with Crippen molar-refractivity contribution in [1.29, 1.82) is 5.26 Å². The van der Waals surface area contributed by atoms with E-state index in [2.05, 4.69) is 15.5 Å². The van der Waals surface area contributed by atoms with Crippen LogP contribution < -0.4 is 11.1 Å². The van der Waals surface area contributed by atoms with Gasteiger partial charge in [-0.1, -0.05) is 23.7 Å². The minimum atomic E-state index is -0.656. The fourth-order valence-corrected chi connectivity index (χ4v) is 3.90. The molecule has 0 atom stereocenters. The Morgan fingerprint density at radius 1 is 1.08 bits per heavy atom. The lowest BCUT2D eigenvalue weighted by atomic mass is 10.1. The van der Waals surface area contributed by atoms with E-state index in [0.717, 1.165) is 12.1 Å². The first-order valence-electron chi connectivity index (χ1n) is 10.7. The molecule has 3 aromatic carbocycles. The van der Waals surface area contributed by atoms with Crippen LogP contribution in [0.5, 0.6) is 0 Å². The van der Waals surface area contributed by atoms with Crippen molar-refractivity contribution in [2.45, 2.75) is 6.42 Å². The van der Waals surface area contributed by atoms with E-state index < -0.39 is 4.92 Å². The molecule has 0 radical (unpaired) electrons. The first-order valence-corrected chi connectivity index (χ1v) is 11.1. The molecule has 11 nitrogen and oxygen atoms in total. The van der Waals surface area contributed by atoms with E-state index in [1.807, 2.05) is 6.07 Å². The maximum atomic E-state index is 12.4. The third-order valence-electron chi connectivity index (χ3n) is 5.43. The van der Waals surface area contributed by atoms with Crippen LogP contribution in [0.1, 0.15) is 32.7 Å². The smallest absolute Gasteiger partial charge is 0.272 e. The molecule has 4 rings (SSSR count).